The van der Waals surface area contributed by atoms with E-state index in [-0.39, 0.29) is 30.1 Å². The Bertz CT molecular complexity index is 997. The van der Waals surface area contributed by atoms with E-state index in [4.69, 9.17) is 29.4 Å². The Kier molecular flexibility index (Phi) is 16.0. The number of ketones is 1. The number of hydrogen-bond acceptors (Lipinski definition) is 10. The molecule has 0 bridgehead atoms. The van der Waals surface area contributed by atoms with Gasteiger partial charge < -0.3 is 34.7 Å². The van der Waals surface area contributed by atoms with Crippen LogP contribution in [0, 0.1) is 5.92 Å². The summed E-state index contributed by atoms with van der Waals surface area (Å²) in [5.41, 5.74) is 8.11. The average Bonchev–Trinajstić information content (AvgIpc) is 2.94. The molecule has 1 unspecified atom stereocenters. The van der Waals surface area contributed by atoms with Crippen molar-refractivity contribution < 1.29 is 38.1 Å². The Balaban J connectivity index is 1.61. The van der Waals surface area contributed by atoms with Crippen LogP contribution in [0.3, 0.4) is 0 Å². The summed E-state index contributed by atoms with van der Waals surface area (Å²) in [7, 11) is 0. The maximum atomic E-state index is 13.2. The van der Waals surface area contributed by atoms with Gasteiger partial charge in [-0.15, -0.1) is 0 Å². The van der Waals surface area contributed by atoms with Gasteiger partial charge in [-0.1, -0.05) is 18.7 Å². The highest BCUT2D eigenvalue weighted by atomic mass is 16.6. The van der Waals surface area contributed by atoms with Crippen molar-refractivity contribution in [3.63, 3.8) is 0 Å². The maximum absolute atomic E-state index is 13.2. The summed E-state index contributed by atoms with van der Waals surface area (Å²) in [6, 6.07) is 5.34. The van der Waals surface area contributed by atoms with E-state index in [0.717, 1.165) is 5.69 Å². The fourth-order valence-corrected chi connectivity index (χ4v) is 3.90. The fourth-order valence-electron chi connectivity index (χ4n) is 3.90. The molecule has 1 atom stereocenters. The van der Waals surface area contributed by atoms with Crippen LogP contribution in [-0.4, -0.2) is 96.8 Å². The summed E-state index contributed by atoms with van der Waals surface area (Å²) in [6.45, 7) is 15.7. The molecule has 1 heterocycles. The molecule has 11 nitrogen and oxygen atoms in total. The molecule has 40 heavy (non-hydrogen) atoms. The van der Waals surface area contributed by atoms with Crippen LogP contribution < -0.4 is 16.4 Å². The van der Waals surface area contributed by atoms with Gasteiger partial charge in [-0.25, -0.2) is 0 Å². The molecule has 2 rings (SSSR count). The summed E-state index contributed by atoms with van der Waals surface area (Å²) >= 11 is 0. The molecule has 11 heteroatoms. The van der Waals surface area contributed by atoms with Gasteiger partial charge in [0.05, 0.1) is 72.0 Å². The molecule has 1 aromatic carbocycles. The smallest absolute Gasteiger partial charge is 0.234 e. The van der Waals surface area contributed by atoms with Crippen molar-refractivity contribution >= 4 is 28.9 Å². The maximum Gasteiger partial charge on any atom is 0.234 e. The standard InChI is InChI=1S/C29H43N3O8/c1-21(2)26-20-23(4-5-25(26)28(34)22(3)24-6-7-27(33)32-29(24)35)31-9-11-37-13-15-39-17-19-40-18-16-38-14-12-36-10-8-30/h4-5,20,24,31H,1,3,6-19,30H2,2H3,(H,32,33,35). The molecular formula is C29H43N3O8. The molecule has 4 N–H and O–H groups in total. The lowest BCUT2D eigenvalue weighted by Crippen LogP contribution is -2.42. The number of anilines is 1. The minimum absolute atomic E-state index is 0.171. The second-order valence-corrected chi connectivity index (χ2v) is 9.18. The Hall–Kier alpha value is -2.93. The van der Waals surface area contributed by atoms with Crippen LogP contribution in [0.25, 0.3) is 5.57 Å². The first-order valence-electron chi connectivity index (χ1n) is 13.5. The van der Waals surface area contributed by atoms with Crippen LogP contribution >= 0.6 is 0 Å². The molecule has 1 aliphatic heterocycles. The van der Waals surface area contributed by atoms with Crippen molar-refractivity contribution in [2.45, 2.75) is 19.8 Å². The number of nitrogens with one attached hydrogen (secondary N) is 2. The zero-order valence-corrected chi connectivity index (χ0v) is 23.5. The van der Waals surface area contributed by atoms with Crippen molar-refractivity contribution in [3.05, 3.63) is 48.1 Å². The SMILES string of the molecule is C=C(C)c1cc(NCCOCCOCCOCCOCCOCCN)ccc1C(=O)C(=C)C1CCC(=O)NC1=O. The third kappa shape index (κ3) is 12.1. The molecule has 2 amide bonds. The lowest BCUT2D eigenvalue weighted by molar-refractivity contribution is -0.135. The molecule has 0 radical (unpaired) electrons. The number of nitrogens with two attached hydrogens (primary N) is 1. The van der Waals surface area contributed by atoms with Gasteiger partial charge in [-0.2, -0.15) is 0 Å². The van der Waals surface area contributed by atoms with E-state index in [1.807, 2.05) is 13.0 Å². The number of benzene rings is 1. The van der Waals surface area contributed by atoms with Gasteiger partial charge in [0.1, 0.15) is 0 Å². The van der Waals surface area contributed by atoms with Crippen molar-refractivity contribution in [3.8, 4) is 0 Å². The van der Waals surface area contributed by atoms with Gasteiger partial charge in [-0.3, -0.25) is 19.7 Å². The van der Waals surface area contributed by atoms with Crippen LogP contribution in [-0.2, 0) is 33.3 Å². The second-order valence-electron chi connectivity index (χ2n) is 9.18. The highest BCUT2D eigenvalue weighted by Crippen LogP contribution is 2.28. The van der Waals surface area contributed by atoms with Crippen molar-refractivity contribution in [1.82, 2.24) is 5.32 Å². The van der Waals surface area contributed by atoms with E-state index < -0.39 is 11.8 Å². The van der Waals surface area contributed by atoms with Crippen LogP contribution in [0.15, 0.2) is 36.9 Å². The number of ether oxygens (including phenoxy) is 5. The van der Waals surface area contributed by atoms with E-state index in [2.05, 4.69) is 23.8 Å². The van der Waals surface area contributed by atoms with Crippen LogP contribution in [0.1, 0.15) is 35.7 Å². The molecule has 0 aliphatic carbocycles. The Morgan fingerprint density at radius 3 is 1.98 bits per heavy atom. The van der Waals surface area contributed by atoms with E-state index in [1.165, 1.54) is 0 Å². The first-order valence-corrected chi connectivity index (χ1v) is 13.5. The minimum Gasteiger partial charge on any atom is -0.383 e. The first-order chi connectivity index (χ1) is 19.3. The first kappa shape index (κ1) is 33.3. The second kappa shape index (κ2) is 19.2. The molecule has 0 saturated carbocycles. The lowest BCUT2D eigenvalue weighted by Gasteiger charge is -2.22. The van der Waals surface area contributed by atoms with Gasteiger partial charge in [-0.05, 0) is 37.1 Å². The molecule has 1 saturated heterocycles. The van der Waals surface area contributed by atoms with Crippen LogP contribution in [0.5, 0.6) is 0 Å². The molecule has 1 aromatic rings. The summed E-state index contributed by atoms with van der Waals surface area (Å²) in [6.07, 6.45) is 0.462. The number of piperidine rings is 1. The average molecular weight is 562 g/mol. The number of hydrogen-bond donors (Lipinski definition) is 3. The lowest BCUT2D eigenvalue weighted by atomic mass is 9.85. The normalized spacial score (nSPS) is 15.1. The number of rotatable bonds is 22. The van der Waals surface area contributed by atoms with Crippen molar-refractivity contribution in [1.29, 1.82) is 0 Å². The number of amides is 2. The molecule has 0 aromatic heterocycles. The number of carbonyl (C=O) groups is 3. The zero-order valence-electron chi connectivity index (χ0n) is 23.5. The third-order valence-electron chi connectivity index (χ3n) is 6.00. The number of imide groups is 1. The van der Waals surface area contributed by atoms with Gasteiger partial charge in [0.25, 0.3) is 0 Å². The highest BCUT2D eigenvalue weighted by molar-refractivity contribution is 6.15. The van der Waals surface area contributed by atoms with Gasteiger partial charge in [0.2, 0.25) is 11.8 Å². The molecule has 1 fully saturated rings. The Morgan fingerprint density at radius 1 is 0.900 bits per heavy atom. The van der Waals surface area contributed by atoms with Gasteiger partial charge in [0, 0.05) is 36.3 Å². The molecule has 1 aliphatic rings. The number of carbonyl (C=O) groups excluding carboxylic acids is 3. The van der Waals surface area contributed by atoms with Crippen LogP contribution in [0.2, 0.25) is 0 Å². The van der Waals surface area contributed by atoms with Gasteiger partial charge >= 0.3 is 0 Å². The van der Waals surface area contributed by atoms with E-state index in [9.17, 15) is 14.4 Å². The molecular weight excluding hydrogens is 518 g/mol. The predicted octanol–water partition coefficient (Wildman–Crippen LogP) is 1.97. The van der Waals surface area contributed by atoms with Crippen molar-refractivity contribution in [2.24, 2.45) is 11.7 Å². The fraction of sp³-hybridized carbons (Fsp3) is 0.552. The quantitative estimate of drug-likeness (QED) is 0.0831. The van der Waals surface area contributed by atoms with Crippen molar-refractivity contribution in [2.75, 3.05) is 84.5 Å². The van der Waals surface area contributed by atoms with E-state index >= 15 is 0 Å². The highest BCUT2D eigenvalue weighted by Gasteiger charge is 2.32. The summed E-state index contributed by atoms with van der Waals surface area (Å²) < 4.78 is 27.1. The third-order valence-corrected chi connectivity index (χ3v) is 6.00. The largest absolute Gasteiger partial charge is 0.383 e. The van der Waals surface area contributed by atoms with E-state index in [1.54, 1.807) is 12.1 Å². The number of allylic oxidation sites excluding steroid dienone is 1. The topological polar surface area (TPSA) is 147 Å². The van der Waals surface area contributed by atoms with Crippen LogP contribution in [0.4, 0.5) is 5.69 Å². The summed E-state index contributed by atoms with van der Waals surface area (Å²) in [5, 5.41) is 5.55. The zero-order chi connectivity index (χ0) is 29.2. The van der Waals surface area contributed by atoms with Gasteiger partial charge in [0.15, 0.2) is 5.78 Å². The summed E-state index contributed by atoms with van der Waals surface area (Å²) in [5.74, 6) is -1.86. The number of Topliss-reactive ketones (excluding diaryl/α,β-unsaturated/α-hetero) is 1. The predicted molar refractivity (Wildman–Crippen MR) is 152 cm³/mol. The molecule has 0 spiro atoms. The Morgan fingerprint density at radius 2 is 1.45 bits per heavy atom. The minimum atomic E-state index is -0.716. The van der Waals surface area contributed by atoms with E-state index in [0.29, 0.717) is 95.9 Å². The molecule has 222 valence electrons. The summed E-state index contributed by atoms with van der Waals surface area (Å²) in [4.78, 5) is 36.8. The monoisotopic (exact) mass is 561 g/mol. The Labute approximate surface area is 236 Å².